The molecule has 1 spiro atoms. The Morgan fingerprint density at radius 2 is 1.96 bits per heavy atom. The standard InChI is InChI=1S/C19H24F3NO2/c1-2-13(10-24)17(25)23-11-18(12-23)8-7-15(9-18)14-3-5-16(6-4-14)19(20,21)22/h3-6,13,15,24H,2,7-12H2,1H3/t13-,15+/m1/s1. The average molecular weight is 355 g/mol. The molecule has 0 bridgehead atoms. The molecule has 1 aromatic carbocycles. The molecule has 0 aromatic heterocycles. The Bertz CT molecular complexity index is 617. The molecule has 0 unspecified atom stereocenters. The zero-order valence-electron chi connectivity index (χ0n) is 14.4. The molecule has 25 heavy (non-hydrogen) atoms. The molecule has 2 aliphatic rings. The molecule has 3 rings (SSSR count). The monoisotopic (exact) mass is 355 g/mol. The van der Waals surface area contributed by atoms with E-state index in [0.717, 1.165) is 37.0 Å². The molecule has 1 aromatic rings. The molecule has 0 radical (unpaired) electrons. The summed E-state index contributed by atoms with van der Waals surface area (Å²) < 4.78 is 38.0. The summed E-state index contributed by atoms with van der Waals surface area (Å²) in [7, 11) is 0. The molecular formula is C19H24F3NO2. The minimum atomic E-state index is -4.30. The van der Waals surface area contributed by atoms with E-state index in [9.17, 15) is 23.1 Å². The van der Waals surface area contributed by atoms with Crippen molar-refractivity contribution in [2.75, 3.05) is 19.7 Å². The topological polar surface area (TPSA) is 40.5 Å². The molecule has 1 amide bonds. The fraction of sp³-hybridized carbons (Fsp3) is 0.632. The Morgan fingerprint density at radius 3 is 2.48 bits per heavy atom. The average Bonchev–Trinajstić information content (AvgIpc) is 2.99. The van der Waals surface area contributed by atoms with Crippen LogP contribution in [0, 0.1) is 11.3 Å². The Morgan fingerprint density at radius 1 is 1.32 bits per heavy atom. The van der Waals surface area contributed by atoms with Gasteiger partial charge in [0.25, 0.3) is 0 Å². The molecule has 138 valence electrons. The number of carbonyl (C=O) groups excluding carboxylic acids is 1. The Labute approximate surface area is 145 Å². The van der Waals surface area contributed by atoms with E-state index >= 15 is 0 Å². The van der Waals surface area contributed by atoms with Crippen molar-refractivity contribution in [3.05, 3.63) is 35.4 Å². The fourth-order valence-electron chi connectivity index (χ4n) is 4.28. The molecule has 2 fully saturated rings. The van der Waals surface area contributed by atoms with Gasteiger partial charge in [0, 0.05) is 18.5 Å². The first kappa shape index (κ1) is 18.2. The van der Waals surface area contributed by atoms with Crippen LogP contribution in [0.3, 0.4) is 0 Å². The second-order valence-corrected chi connectivity index (χ2v) is 7.54. The van der Waals surface area contributed by atoms with Crippen LogP contribution in [-0.2, 0) is 11.0 Å². The van der Waals surface area contributed by atoms with Crippen LogP contribution < -0.4 is 0 Å². The third kappa shape index (κ3) is 3.54. The van der Waals surface area contributed by atoms with Crippen LogP contribution in [0.5, 0.6) is 0 Å². The highest BCUT2D eigenvalue weighted by Gasteiger charge is 2.50. The van der Waals surface area contributed by atoms with Crippen LogP contribution in [0.1, 0.15) is 49.7 Å². The van der Waals surface area contributed by atoms with Gasteiger partial charge in [-0.15, -0.1) is 0 Å². The maximum atomic E-state index is 12.7. The maximum absolute atomic E-state index is 12.7. The van der Waals surface area contributed by atoms with Gasteiger partial charge in [0.1, 0.15) is 0 Å². The first-order valence-electron chi connectivity index (χ1n) is 8.85. The van der Waals surface area contributed by atoms with Gasteiger partial charge < -0.3 is 10.0 Å². The minimum Gasteiger partial charge on any atom is -0.396 e. The minimum absolute atomic E-state index is 0.0219. The van der Waals surface area contributed by atoms with Gasteiger partial charge >= 0.3 is 6.18 Å². The van der Waals surface area contributed by atoms with Gasteiger partial charge in [0.05, 0.1) is 18.1 Å². The first-order valence-corrected chi connectivity index (χ1v) is 8.85. The van der Waals surface area contributed by atoms with Gasteiger partial charge in [-0.3, -0.25) is 4.79 Å². The van der Waals surface area contributed by atoms with E-state index in [1.807, 2.05) is 11.8 Å². The summed E-state index contributed by atoms with van der Waals surface area (Å²) in [5.41, 5.74) is 0.451. The number of likely N-dealkylation sites (tertiary alicyclic amines) is 1. The molecule has 1 N–H and O–H groups in total. The summed E-state index contributed by atoms with van der Waals surface area (Å²) in [6, 6.07) is 5.49. The van der Waals surface area contributed by atoms with Crippen molar-refractivity contribution in [2.24, 2.45) is 11.3 Å². The molecule has 1 aliphatic heterocycles. The molecule has 6 heteroatoms. The number of amides is 1. The van der Waals surface area contributed by atoms with E-state index in [1.54, 1.807) is 12.1 Å². The lowest BCUT2D eigenvalue weighted by Crippen LogP contribution is -2.58. The number of alkyl halides is 3. The molecule has 1 aliphatic carbocycles. The van der Waals surface area contributed by atoms with E-state index in [2.05, 4.69) is 0 Å². The van der Waals surface area contributed by atoms with E-state index in [-0.39, 0.29) is 29.8 Å². The summed E-state index contributed by atoms with van der Waals surface area (Å²) in [4.78, 5) is 14.1. The Hall–Kier alpha value is -1.56. The summed E-state index contributed by atoms with van der Waals surface area (Å²) >= 11 is 0. The van der Waals surface area contributed by atoms with Crippen molar-refractivity contribution in [3.63, 3.8) is 0 Å². The van der Waals surface area contributed by atoms with Gasteiger partial charge in [-0.1, -0.05) is 19.1 Å². The Balaban J connectivity index is 1.59. The van der Waals surface area contributed by atoms with Crippen LogP contribution >= 0.6 is 0 Å². The predicted octanol–water partition coefficient (Wildman–Crippen LogP) is 3.82. The highest BCUT2D eigenvalue weighted by atomic mass is 19.4. The SMILES string of the molecule is CC[C@H](CO)C(=O)N1CC2(CC[C@H](c3ccc(C(F)(F)F)cc3)C2)C1. The van der Waals surface area contributed by atoms with Crippen molar-refractivity contribution >= 4 is 5.91 Å². The first-order chi connectivity index (χ1) is 11.8. The van der Waals surface area contributed by atoms with E-state index in [1.165, 1.54) is 0 Å². The molecule has 1 saturated heterocycles. The van der Waals surface area contributed by atoms with Crippen LogP contribution in [0.4, 0.5) is 13.2 Å². The number of aliphatic hydroxyl groups excluding tert-OH is 1. The third-order valence-electron chi connectivity index (χ3n) is 5.84. The van der Waals surface area contributed by atoms with Crippen molar-refractivity contribution in [1.29, 1.82) is 0 Å². The number of carbonyl (C=O) groups is 1. The lowest BCUT2D eigenvalue weighted by atomic mass is 9.76. The largest absolute Gasteiger partial charge is 0.416 e. The molecule has 1 heterocycles. The molecule has 2 atom stereocenters. The number of hydrogen-bond acceptors (Lipinski definition) is 2. The zero-order chi connectivity index (χ0) is 18.2. The normalized spacial score (nSPS) is 23.6. The van der Waals surface area contributed by atoms with Crippen LogP contribution in [0.15, 0.2) is 24.3 Å². The highest BCUT2D eigenvalue weighted by molar-refractivity contribution is 5.80. The zero-order valence-corrected chi connectivity index (χ0v) is 14.4. The Kier molecular flexibility index (Phi) is 4.84. The quantitative estimate of drug-likeness (QED) is 0.892. The van der Waals surface area contributed by atoms with E-state index < -0.39 is 11.7 Å². The summed E-state index contributed by atoms with van der Waals surface area (Å²) in [5.74, 6) is -0.0302. The van der Waals surface area contributed by atoms with Crippen LogP contribution in [-0.4, -0.2) is 35.6 Å². The van der Waals surface area contributed by atoms with Gasteiger partial charge in [-0.2, -0.15) is 13.2 Å². The van der Waals surface area contributed by atoms with Crippen molar-refractivity contribution in [1.82, 2.24) is 4.90 Å². The van der Waals surface area contributed by atoms with E-state index in [4.69, 9.17) is 0 Å². The fourth-order valence-corrected chi connectivity index (χ4v) is 4.28. The predicted molar refractivity (Wildman–Crippen MR) is 87.9 cm³/mol. The van der Waals surface area contributed by atoms with E-state index in [0.29, 0.717) is 19.5 Å². The summed E-state index contributed by atoms with van der Waals surface area (Å²) in [5, 5.41) is 9.26. The van der Waals surface area contributed by atoms with Gasteiger partial charge in [0.2, 0.25) is 5.91 Å². The smallest absolute Gasteiger partial charge is 0.396 e. The molecule has 1 saturated carbocycles. The lowest BCUT2D eigenvalue weighted by molar-refractivity contribution is -0.149. The van der Waals surface area contributed by atoms with Crippen molar-refractivity contribution in [2.45, 2.75) is 44.7 Å². The second-order valence-electron chi connectivity index (χ2n) is 7.54. The van der Waals surface area contributed by atoms with Crippen molar-refractivity contribution in [3.8, 4) is 0 Å². The lowest BCUT2D eigenvalue weighted by Gasteiger charge is -2.49. The highest BCUT2D eigenvalue weighted by Crippen LogP contribution is 2.52. The number of aliphatic hydroxyl groups is 1. The molecular weight excluding hydrogens is 331 g/mol. The second kappa shape index (κ2) is 6.63. The number of benzene rings is 1. The summed E-state index contributed by atoms with van der Waals surface area (Å²) in [6.07, 6.45) is -0.805. The number of halogens is 3. The van der Waals surface area contributed by atoms with Gasteiger partial charge in [-0.25, -0.2) is 0 Å². The number of hydrogen-bond donors (Lipinski definition) is 1. The molecule has 3 nitrogen and oxygen atoms in total. The van der Waals surface area contributed by atoms with Crippen LogP contribution in [0.25, 0.3) is 0 Å². The van der Waals surface area contributed by atoms with Gasteiger partial charge in [0.15, 0.2) is 0 Å². The van der Waals surface area contributed by atoms with Gasteiger partial charge in [-0.05, 0) is 49.3 Å². The number of nitrogens with zero attached hydrogens (tertiary/aromatic N) is 1. The van der Waals surface area contributed by atoms with Crippen molar-refractivity contribution < 1.29 is 23.1 Å². The summed E-state index contributed by atoms with van der Waals surface area (Å²) in [6.45, 7) is 3.19. The van der Waals surface area contributed by atoms with Crippen LogP contribution in [0.2, 0.25) is 0 Å². The number of rotatable bonds is 4. The third-order valence-corrected chi connectivity index (χ3v) is 5.84. The maximum Gasteiger partial charge on any atom is 0.416 e.